The molecule has 6 heteroatoms. The number of hydrogen-bond acceptors (Lipinski definition) is 5. The van der Waals surface area contributed by atoms with Crippen molar-refractivity contribution in [1.29, 1.82) is 0 Å². The normalized spacial score (nSPS) is 12.7. The van der Waals surface area contributed by atoms with Crippen molar-refractivity contribution in [2.24, 2.45) is 10.2 Å². The third-order valence-electron chi connectivity index (χ3n) is 6.32. The van der Waals surface area contributed by atoms with E-state index in [1.807, 2.05) is 19.1 Å². The minimum atomic E-state index is 0.274. The van der Waals surface area contributed by atoms with E-state index < -0.39 is 0 Å². The number of rotatable bonds is 7. The van der Waals surface area contributed by atoms with Crippen molar-refractivity contribution in [3.63, 3.8) is 0 Å². The summed E-state index contributed by atoms with van der Waals surface area (Å²) in [5, 5.41) is 3.38. The number of aryl methyl sites for hydroxylation is 3. The van der Waals surface area contributed by atoms with Crippen LogP contribution in [0.15, 0.2) is 70.5 Å². The molecule has 0 radical (unpaired) electrons. The maximum atomic E-state index is 12.0. The Kier molecular flexibility index (Phi) is 7.31. The van der Waals surface area contributed by atoms with Gasteiger partial charge in [0.1, 0.15) is 11.5 Å². The first-order valence-electron chi connectivity index (χ1n) is 11.7. The van der Waals surface area contributed by atoms with Crippen molar-refractivity contribution in [2.45, 2.75) is 39.9 Å². The number of H-pyrrole nitrogens is 1. The number of nitrogens with one attached hydrogen (secondary N) is 1. The Hall–Kier alpha value is -3.51. The SMILES string of the molecule is CCc1cc2nc(/C(C)=C(N=O)/C(=N\C)c3ccc(-c4cc(C)cc(C)c4)cc3)[nH]c2cc1CS. The van der Waals surface area contributed by atoms with Crippen LogP contribution in [0.5, 0.6) is 0 Å². The molecular formula is C29H30N4OS. The number of nitroso groups, excluding NO2 is 1. The third kappa shape index (κ3) is 4.98. The molecule has 1 heterocycles. The summed E-state index contributed by atoms with van der Waals surface area (Å²) in [6.45, 7) is 8.17. The number of hydrogen-bond donors (Lipinski definition) is 2. The van der Waals surface area contributed by atoms with Crippen LogP contribution in [-0.2, 0) is 12.2 Å². The average Bonchev–Trinajstić information content (AvgIpc) is 3.28. The molecule has 0 saturated heterocycles. The number of benzene rings is 3. The molecule has 3 aromatic carbocycles. The highest BCUT2D eigenvalue weighted by Gasteiger charge is 2.18. The molecule has 178 valence electrons. The van der Waals surface area contributed by atoms with Gasteiger partial charge in [-0.15, -0.1) is 4.91 Å². The lowest BCUT2D eigenvalue weighted by molar-refractivity contribution is 1.11. The van der Waals surface area contributed by atoms with Crippen molar-refractivity contribution < 1.29 is 0 Å². The molecule has 0 fully saturated rings. The summed E-state index contributed by atoms with van der Waals surface area (Å²) in [5.41, 5.74) is 11.2. The molecule has 4 aromatic rings. The van der Waals surface area contributed by atoms with Gasteiger partial charge >= 0.3 is 0 Å². The lowest BCUT2D eigenvalue weighted by Gasteiger charge is -2.10. The topological polar surface area (TPSA) is 70.5 Å². The molecular weight excluding hydrogens is 452 g/mol. The first kappa shape index (κ1) is 24.6. The zero-order valence-electron chi connectivity index (χ0n) is 20.8. The van der Waals surface area contributed by atoms with Crippen molar-refractivity contribution in [3.05, 3.63) is 98.8 Å². The van der Waals surface area contributed by atoms with E-state index in [0.717, 1.165) is 28.6 Å². The second-order valence-electron chi connectivity index (χ2n) is 8.83. The van der Waals surface area contributed by atoms with E-state index in [9.17, 15) is 4.91 Å². The third-order valence-corrected chi connectivity index (χ3v) is 6.66. The predicted octanol–water partition coefficient (Wildman–Crippen LogP) is 7.46. The van der Waals surface area contributed by atoms with Gasteiger partial charge in [-0.3, -0.25) is 4.99 Å². The van der Waals surface area contributed by atoms with E-state index in [-0.39, 0.29) is 5.70 Å². The Morgan fingerprint density at radius 3 is 2.23 bits per heavy atom. The van der Waals surface area contributed by atoms with Crippen LogP contribution in [0.4, 0.5) is 0 Å². The quantitative estimate of drug-likeness (QED) is 0.163. The van der Waals surface area contributed by atoms with Gasteiger partial charge in [0.05, 0.1) is 16.7 Å². The van der Waals surface area contributed by atoms with Crippen LogP contribution in [0.3, 0.4) is 0 Å². The molecule has 0 unspecified atom stereocenters. The van der Waals surface area contributed by atoms with E-state index in [1.165, 1.54) is 27.8 Å². The summed E-state index contributed by atoms with van der Waals surface area (Å²) in [6.07, 6.45) is 0.911. The zero-order valence-corrected chi connectivity index (χ0v) is 21.7. The highest BCUT2D eigenvalue weighted by molar-refractivity contribution is 7.79. The summed E-state index contributed by atoms with van der Waals surface area (Å²) < 4.78 is 0. The monoisotopic (exact) mass is 482 g/mol. The maximum Gasteiger partial charge on any atom is 0.140 e. The zero-order chi connectivity index (χ0) is 25.1. The largest absolute Gasteiger partial charge is 0.338 e. The number of aromatic nitrogens is 2. The van der Waals surface area contributed by atoms with Crippen LogP contribution in [0.1, 0.15) is 47.5 Å². The standard InChI is InChI=1S/C29H30N4OS/c1-6-20-14-25-26(15-24(20)16-35)32-29(31-25)19(4)27(33-34)28(30-5)22-9-7-21(8-10-22)23-12-17(2)11-18(3)13-23/h7-15,35H,6,16H2,1-5H3,(H,31,32)/b27-19-,30-28-. The minimum absolute atomic E-state index is 0.274. The summed E-state index contributed by atoms with van der Waals surface area (Å²) in [7, 11) is 1.68. The molecule has 0 aliphatic heterocycles. The van der Waals surface area contributed by atoms with Crippen LogP contribution in [0.25, 0.3) is 27.7 Å². The highest BCUT2D eigenvalue weighted by atomic mass is 32.1. The van der Waals surface area contributed by atoms with Gasteiger partial charge in [-0.25, -0.2) is 4.98 Å². The van der Waals surface area contributed by atoms with Gasteiger partial charge in [-0.05, 0) is 66.8 Å². The Morgan fingerprint density at radius 2 is 1.66 bits per heavy atom. The fourth-order valence-electron chi connectivity index (χ4n) is 4.53. The molecule has 35 heavy (non-hydrogen) atoms. The molecule has 0 aliphatic carbocycles. The van der Waals surface area contributed by atoms with Crippen LogP contribution < -0.4 is 0 Å². The van der Waals surface area contributed by atoms with Gasteiger partial charge in [0, 0.05) is 23.9 Å². The number of aliphatic imine (C=N–C) groups is 1. The molecule has 0 aliphatic rings. The summed E-state index contributed by atoms with van der Waals surface area (Å²) in [6, 6.07) is 18.8. The Balaban J connectivity index is 1.73. The van der Waals surface area contributed by atoms with Gasteiger partial charge in [-0.2, -0.15) is 12.6 Å². The first-order valence-corrected chi connectivity index (χ1v) is 12.3. The molecule has 0 bridgehead atoms. The molecule has 5 nitrogen and oxygen atoms in total. The van der Waals surface area contributed by atoms with Crippen LogP contribution in [0, 0.1) is 18.8 Å². The molecule has 1 aromatic heterocycles. The van der Waals surface area contributed by atoms with E-state index in [4.69, 9.17) is 4.98 Å². The van der Waals surface area contributed by atoms with Crippen molar-refractivity contribution >= 4 is 34.9 Å². The fourth-order valence-corrected chi connectivity index (χ4v) is 4.83. The van der Waals surface area contributed by atoms with Crippen LogP contribution in [0.2, 0.25) is 0 Å². The smallest absolute Gasteiger partial charge is 0.140 e. The molecule has 0 amide bonds. The van der Waals surface area contributed by atoms with Crippen molar-refractivity contribution in [2.75, 3.05) is 7.05 Å². The second kappa shape index (κ2) is 10.4. The van der Waals surface area contributed by atoms with E-state index >= 15 is 0 Å². The Morgan fingerprint density at radius 1 is 0.971 bits per heavy atom. The number of nitrogens with zero attached hydrogens (tertiary/aromatic N) is 3. The number of aromatic amines is 1. The van der Waals surface area contributed by atoms with Gasteiger partial charge in [-0.1, -0.05) is 60.5 Å². The molecule has 0 saturated carbocycles. The fraction of sp³-hybridized carbons (Fsp3) is 0.241. The lowest BCUT2D eigenvalue weighted by Crippen LogP contribution is -2.06. The molecule has 0 spiro atoms. The molecule has 0 atom stereocenters. The van der Waals surface area contributed by atoms with Crippen LogP contribution >= 0.6 is 12.6 Å². The van der Waals surface area contributed by atoms with E-state index in [0.29, 0.717) is 22.9 Å². The maximum absolute atomic E-state index is 12.0. The lowest BCUT2D eigenvalue weighted by atomic mass is 9.97. The number of imidazole rings is 1. The summed E-state index contributed by atoms with van der Waals surface area (Å²) in [5.74, 6) is 1.27. The number of fused-ring (bicyclic) bond motifs is 1. The first-order chi connectivity index (χ1) is 16.9. The Bertz CT molecular complexity index is 1400. The second-order valence-corrected chi connectivity index (χ2v) is 9.14. The van der Waals surface area contributed by atoms with Gasteiger partial charge in [0.2, 0.25) is 0 Å². The van der Waals surface area contributed by atoms with Crippen molar-refractivity contribution in [3.8, 4) is 11.1 Å². The van der Waals surface area contributed by atoms with Crippen molar-refractivity contribution in [1.82, 2.24) is 9.97 Å². The molecule has 1 N–H and O–H groups in total. The van der Waals surface area contributed by atoms with Gasteiger partial charge in [0.25, 0.3) is 0 Å². The van der Waals surface area contributed by atoms with Crippen LogP contribution in [-0.4, -0.2) is 22.7 Å². The number of allylic oxidation sites excluding steroid dienone is 2. The van der Waals surface area contributed by atoms with E-state index in [1.54, 1.807) is 7.05 Å². The van der Waals surface area contributed by atoms with Gasteiger partial charge in [0.15, 0.2) is 0 Å². The Labute approximate surface area is 211 Å². The van der Waals surface area contributed by atoms with E-state index in [2.05, 4.69) is 91.0 Å². The highest BCUT2D eigenvalue weighted by Crippen LogP contribution is 2.28. The molecule has 4 rings (SSSR count). The number of thiol groups is 1. The average molecular weight is 483 g/mol. The predicted molar refractivity (Wildman–Crippen MR) is 150 cm³/mol. The minimum Gasteiger partial charge on any atom is -0.338 e. The van der Waals surface area contributed by atoms with Gasteiger partial charge < -0.3 is 4.98 Å². The summed E-state index contributed by atoms with van der Waals surface area (Å²) >= 11 is 4.46. The summed E-state index contributed by atoms with van der Waals surface area (Å²) in [4.78, 5) is 24.6.